The highest BCUT2D eigenvalue weighted by molar-refractivity contribution is 5.64. The van der Waals surface area contributed by atoms with E-state index in [0.717, 1.165) is 11.4 Å². The largest absolute Gasteiger partial charge is 0.497 e. The third-order valence-electron chi connectivity index (χ3n) is 2.95. The summed E-state index contributed by atoms with van der Waals surface area (Å²) >= 11 is 0. The van der Waals surface area contributed by atoms with Crippen molar-refractivity contribution in [3.63, 3.8) is 0 Å². The highest BCUT2D eigenvalue weighted by Crippen LogP contribution is 2.28. The molecule has 0 aliphatic carbocycles. The molecule has 0 saturated carbocycles. The van der Waals surface area contributed by atoms with E-state index in [4.69, 9.17) is 9.84 Å². The second-order valence-corrected chi connectivity index (χ2v) is 4.24. The zero-order valence-electron chi connectivity index (χ0n) is 10.9. The van der Waals surface area contributed by atoms with Gasteiger partial charge in [-0.3, -0.25) is 0 Å². The van der Waals surface area contributed by atoms with Crippen LogP contribution >= 0.6 is 0 Å². The lowest BCUT2D eigenvalue weighted by Gasteiger charge is -2.20. The minimum atomic E-state index is -0.365. The summed E-state index contributed by atoms with van der Waals surface area (Å²) in [7, 11) is 3.44. The van der Waals surface area contributed by atoms with Crippen LogP contribution in [0.4, 0.5) is 15.8 Å². The molecule has 0 spiro atoms. The Morgan fingerprint density at radius 3 is 2.63 bits per heavy atom. The fourth-order valence-electron chi connectivity index (χ4n) is 1.89. The van der Waals surface area contributed by atoms with E-state index >= 15 is 0 Å². The third kappa shape index (κ3) is 3.03. The molecule has 0 atom stereocenters. The summed E-state index contributed by atoms with van der Waals surface area (Å²) in [6, 6.07) is 12.0. The highest BCUT2D eigenvalue weighted by Gasteiger charge is 2.08. The molecule has 0 unspecified atom stereocenters. The monoisotopic (exact) mass is 261 g/mol. The van der Waals surface area contributed by atoms with Crippen LogP contribution in [0.3, 0.4) is 0 Å². The topological polar surface area (TPSA) is 32.7 Å². The zero-order valence-corrected chi connectivity index (χ0v) is 10.9. The summed E-state index contributed by atoms with van der Waals surface area (Å²) in [5, 5.41) is 9.12. The van der Waals surface area contributed by atoms with Crippen LogP contribution < -0.4 is 9.64 Å². The number of methoxy groups -OCH3 is 1. The number of halogens is 1. The van der Waals surface area contributed by atoms with Crippen molar-refractivity contribution >= 4 is 11.4 Å². The van der Waals surface area contributed by atoms with Crippen LogP contribution in [-0.4, -0.2) is 19.3 Å². The molecule has 0 aromatic heterocycles. The number of ether oxygens (including phenoxy) is 1. The third-order valence-corrected chi connectivity index (χ3v) is 2.95. The number of hydrogen-bond acceptors (Lipinski definition) is 3. The maximum Gasteiger partial charge on any atom is 0.125 e. The second kappa shape index (κ2) is 5.71. The summed E-state index contributed by atoms with van der Waals surface area (Å²) in [6.45, 7) is -0.184. The quantitative estimate of drug-likeness (QED) is 0.918. The average molecular weight is 261 g/mol. The van der Waals surface area contributed by atoms with Crippen molar-refractivity contribution in [3.8, 4) is 5.75 Å². The Bertz CT molecular complexity index is 572. The predicted molar refractivity (Wildman–Crippen MR) is 73.4 cm³/mol. The van der Waals surface area contributed by atoms with E-state index in [1.54, 1.807) is 13.2 Å². The van der Waals surface area contributed by atoms with Gasteiger partial charge in [0.1, 0.15) is 11.6 Å². The van der Waals surface area contributed by atoms with Gasteiger partial charge in [0, 0.05) is 24.5 Å². The summed E-state index contributed by atoms with van der Waals surface area (Å²) in [6.07, 6.45) is 0. The van der Waals surface area contributed by atoms with E-state index in [1.165, 1.54) is 12.1 Å². The van der Waals surface area contributed by atoms with E-state index in [2.05, 4.69) is 0 Å². The first-order valence-electron chi connectivity index (χ1n) is 5.92. The normalized spacial score (nSPS) is 10.3. The molecule has 0 fully saturated rings. The van der Waals surface area contributed by atoms with Crippen LogP contribution in [0.1, 0.15) is 5.56 Å². The Hall–Kier alpha value is -2.07. The smallest absolute Gasteiger partial charge is 0.125 e. The molecule has 3 nitrogen and oxygen atoms in total. The molecule has 2 aromatic rings. The predicted octanol–water partition coefficient (Wildman–Crippen LogP) is 3.09. The van der Waals surface area contributed by atoms with Crippen LogP contribution in [0.5, 0.6) is 5.75 Å². The molecule has 0 heterocycles. The van der Waals surface area contributed by atoms with Gasteiger partial charge in [-0.05, 0) is 35.9 Å². The molecule has 0 radical (unpaired) electrons. The number of nitrogens with zero attached hydrogens (tertiary/aromatic N) is 1. The number of rotatable bonds is 4. The lowest BCUT2D eigenvalue weighted by Crippen LogP contribution is -2.10. The van der Waals surface area contributed by atoms with Crippen LogP contribution in [0.15, 0.2) is 42.5 Å². The molecular formula is C15H16FNO2. The second-order valence-electron chi connectivity index (χ2n) is 4.24. The molecule has 100 valence electrons. The van der Waals surface area contributed by atoms with Crippen molar-refractivity contribution in [2.45, 2.75) is 6.61 Å². The number of aliphatic hydroxyl groups excluding tert-OH is 1. The Balaban J connectivity index is 2.37. The van der Waals surface area contributed by atoms with E-state index in [9.17, 15) is 4.39 Å². The van der Waals surface area contributed by atoms with Crippen molar-refractivity contribution in [1.29, 1.82) is 0 Å². The maximum absolute atomic E-state index is 13.5. The molecule has 0 aliphatic rings. The first-order chi connectivity index (χ1) is 9.13. The van der Waals surface area contributed by atoms with Gasteiger partial charge in [-0.1, -0.05) is 6.07 Å². The van der Waals surface area contributed by atoms with Gasteiger partial charge >= 0.3 is 0 Å². The van der Waals surface area contributed by atoms with Gasteiger partial charge < -0.3 is 14.7 Å². The van der Waals surface area contributed by atoms with E-state index < -0.39 is 0 Å². The van der Waals surface area contributed by atoms with Gasteiger partial charge in [-0.15, -0.1) is 0 Å². The number of hydrogen-bond donors (Lipinski definition) is 1. The summed E-state index contributed by atoms with van der Waals surface area (Å²) in [5.41, 5.74) is 2.11. The Kier molecular flexibility index (Phi) is 4.02. The minimum Gasteiger partial charge on any atom is -0.497 e. The lowest BCUT2D eigenvalue weighted by atomic mass is 10.1. The lowest BCUT2D eigenvalue weighted by molar-refractivity contribution is 0.281. The molecule has 0 bridgehead atoms. The van der Waals surface area contributed by atoms with Crippen LogP contribution in [0.2, 0.25) is 0 Å². The van der Waals surface area contributed by atoms with Crippen LogP contribution in [-0.2, 0) is 6.61 Å². The van der Waals surface area contributed by atoms with Gasteiger partial charge in [0.2, 0.25) is 0 Å². The van der Waals surface area contributed by atoms with Crippen LogP contribution in [0, 0.1) is 5.82 Å². The molecule has 2 rings (SSSR count). The van der Waals surface area contributed by atoms with Crippen LogP contribution in [0.25, 0.3) is 0 Å². The fourth-order valence-corrected chi connectivity index (χ4v) is 1.89. The minimum absolute atomic E-state index is 0.184. The van der Waals surface area contributed by atoms with Crippen molar-refractivity contribution in [3.05, 3.63) is 53.8 Å². The fraction of sp³-hybridized carbons (Fsp3) is 0.200. The Morgan fingerprint density at radius 2 is 1.95 bits per heavy atom. The van der Waals surface area contributed by atoms with Crippen molar-refractivity contribution < 1.29 is 14.2 Å². The molecule has 19 heavy (non-hydrogen) atoms. The molecule has 4 heteroatoms. The van der Waals surface area contributed by atoms with E-state index in [-0.39, 0.29) is 12.4 Å². The van der Waals surface area contributed by atoms with E-state index in [1.807, 2.05) is 36.2 Å². The number of benzene rings is 2. The Labute approximate surface area is 111 Å². The van der Waals surface area contributed by atoms with Gasteiger partial charge in [0.15, 0.2) is 0 Å². The van der Waals surface area contributed by atoms with Crippen molar-refractivity contribution in [2.75, 3.05) is 19.1 Å². The summed E-state index contributed by atoms with van der Waals surface area (Å²) in [4.78, 5) is 1.84. The first-order valence-corrected chi connectivity index (χ1v) is 5.92. The highest BCUT2D eigenvalue weighted by atomic mass is 19.1. The molecule has 0 saturated heterocycles. The molecular weight excluding hydrogens is 245 g/mol. The first kappa shape index (κ1) is 13.4. The Morgan fingerprint density at radius 1 is 1.16 bits per heavy atom. The molecule has 2 aromatic carbocycles. The zero-order chi connectivity index (χ0) is 13.8. The van der Waals surface area contributed by atoms with Crippen molar-refractivity contribution in [1.82, 2.24) is 0 Å². The summed E-state index contributed by atoms with van der Waals surface area (Å²) in [5.74, 6) is 0.374. The standard InChI is InChI=1S/C15H16FNO2/c1-17(13-4-3-5-15(9-13)19-2)14-7-11(10-18)6-12(16)8-14/h3-9,18H,10H2,1-2H3. The van der Waals surface area contributed by atoms with Gasteiger partial charge in [0.05, 0.1) is 13.7 Å². The van der Waals surface area contributed by atoms with Gasteiger partial charge in [-0.2, -0.15) is 0 Å². The molecule has 1 N–H and O–H groups in total. The van der Waals surface area contributed by atoms with Crippen molar-refractivity contribution in [2.24, 2.45) is 0 Å². The number of aliphatic hydroxyl groups is 1. The maximum atomic E-state index is 13.5. The van der Waals surface area contributed by atoms with E-state index in [0.29, 0.717) is 11.3 Å². The summed E-state index contributed by atoms with van der Waals surface area (Å²) < 4.78 is 18.6. The van der Waals surface area contributed by atoms with Gasteiger partial charge in [-0.25, -0.2) is 4.39 Å². The number of anilines is 2. The average Bonchev–Trinajstić information content (AvgIpc) is 2.45. The molecule has 0 aliphatic heterocycles. The SMILES string of the molecule is COc1cccc(N(C)c2cc(F)cc(CO)c2)c1. The molecule has 0 amide bonds. The van der Waals surface area contributed by atoms with Gasteiger partial charge in [0.25, 0.3) is 0 Å².